The van der Waals surface area contributed by atoms with Gasteiger partial charge in [-0.2, -0.15) is 0 Å². The van der Waals surface area contributed by atoms with E-state index in [4.69, 9.17) is 4.74 Å². The van der Waals surface area contributed by atoms with Gasteiger partial charge >= 0.3 is 0 Å². The molecule has 0 bridgehead atoms. The van der Waals surface area contributed by atoms with Crippen LogP contribution in [0.1, 0.15) is 26.2 Å². The summed E-state index contributed by atoms with van der Waals surface area (Å²) < 4.78 is 5.29. The zero-order chi connectivity index (χ0) is 8.48. The van der Waals surface area contributed by atoms with Crippen LogP contribution in [0.25, 0.3) is 0 Å². The number of hydrogen-bond donors (Lipinski definition) is 0. The smallest absolute Gasteiger partial charge is 0.141 e. The largest absolute Gasteiger partial charge is 0.355 e. The minimum atomic E-state index is -0.00975. The van der Waals surface area contributed by atoms with Gasteiger partial charge in [0.05, 0.1) is 0 Å². The van der Waals surface area contributed by atoms with Crippen LogP contribution in [0.3, 0.4) is 0 Å². The Morgan fingerprint density at radius 3 is 2.36 bits per heavy atom. The number of halogens is 3. The Bertz CT molecular complexity index is 138. The summed E-state index contributed by atoms with van der Waals surface area (Å²) in [5.74, 6) is 0. The first-order chi connectivity index (χ1) is 5.08. The molecule has 0 aromatic heterocycles. The summed E-state index contributed by atoms with van der Waals surface area (Å²) in [6.07, 6.45) is 3.83. The molecule has 4 heteroatoms. The second-order valence-corrected chi connectivity index (χ2v) is 7.57. The van der Waals surface area contributed by atoms with Crippen LogP contribution in [0.5, 0.6) is 0 Å². The van der Waals surface area contributed by atoms with E-state index in [1.54, 1.807) is 0 Å². The van der Waals surface area contributed by atoms with Gasteiger partial charge in [-0.25, -0.2) is 0 Å². The summed E-state index contributed by atoms with van der Waals surface area (Å²) in [5, 5.41) is 0.234. The van der Waals surface area contributed by atoms with Crippen molar-refractivity contribution in [2.45, 2.75) is 40.5 Å². The summed E-state index contributed by atoms with van der Waals surface area (Å²) in [5.41, 5.74) is 0. The van der Waals surface area contributed by atoms with Crippen molar-refractivity contribution in [1.82, 2.24) is 0 Å². The average molecular weight is 351 g/mol. The van der Waals surface area contributed by atoms with E-state index in [1.807, 2.05) is 0 Å². The maximum Gasteiger partial charge on any atom is 0.141 e. The molecule has 0 radical (unpaired) electrons. The lowest BCUT2D eigenvalue weighted by molar-refractivity contribution is 0.383. The fourth-order valence-corrected chi connectivity index (χ4v) is 3.59. The Morgan fingerprint density at radius 2 is 2.00 bits per heavy atom. The molecule has 11 heavy (non-hydrogen) atoms. The molecule has 2 atom stereocenters. The van der Waals surface area contributed by atoms with Crippen molar-refractivity contribution in [3.05, 3.63) is 0 Å². The molecule has 0 N–H and O–H groups in total. The van der Waals surface area contributed by atoms with E-state index in [-0.39, 0.29) is 14.4 Å². The van der Waals surface area contributed by atoms with Crippen molar-refractivity contribution < 1.29 is 4.74 Å². The van der Waals surface area contributed by atoms with Crippen LogP contribution in [0, 0.1) is 0 Å². The van der Waals surface area contributed by atoms with Gasteiger partial charge in [-0.05, 0) is 6.42 Å². The third-order valence-corrected chi connectivity index (χ3v) is 4.11. The number of rotatable bonds is 4. The summed E-state index contributed by atoms with van der Waals surface area (Å²) in [7, 11) is 0. The zero-order valence-electron chi connectivity index (χ0n) is 6.32. The van der Waals surface area contributed by atoms with Gasteiger partial charge in [0, 0.05) is 0 Å². The van der Waals surface area contributed by atoms with Gasteiger partial charge in [0.15, 0.2) is 0 Å². The van der Waals surface area contributed by atoms with Crippen LogP contribution in [-0.2, 0) is 4.74 Å². The van der Waals surface area contributed by atoms with E-state index in [2.05, 4.69) is 54.7 Å². The third-order valence-electron chi connectivity index (χ3n) is 1.72. The number of unbranched alkanes of at least 4 members (excludes halogenated alkanes) is 1. The predicted octanol–water partition coefficient (Wildman–Crippen LogP) is 3.78. The first kappa shape index (κ1) is 10.5. The molecular weight excluding hydrogens is 340 g/mol. The summed E-state index contributed by atoms with van der Waals surface area (Å²) in [6.45, 7) is 2.19. The van der Waals surface area contributed by atoms with Crippen LogP contribution < -0.4 is 0 Å². The SMILES string of the molecule is CCCCC(Br)(Br)[C@H]1O[C@@H]1Br. The highest BCUT2D eigenvalue weighted by Crippen LogP contribution is 2.48. The molecule has 1 aliphatic heterocycles. The minimum absolute atomic E-state index is 0.00975. The molecule has 1 nitrogen and oxygen atoms in total. The van der Waals surface area contributed by atoms with E-state index in [9.17, 15) is 0 Å². The average Bonchev–Trinajstić information content (AvgIpc) is 2.63. The fraction of sp³-hybridized carbons (Fsp3) is 1.00. The van der Waals surface area contributed by atoms with Crippen molar-refractivity contribution in [3.8, 4) is 0 Å². The Labute approximate surface area is 92.6 Å². The van der Waals surface area contributed by atoms with Gasteiger partial charge in [-0.15, -0.1) is 0 Å². The van der Waals surface area contributed by atoms with Gasteiger partial charge in [-0.1, -0.05) is 67.6 Å². The molecule has 0 saturated carbocycles. The highest BCUT2D eigenvalue weighted by molar-refractivity contribution is 9.25. The molecular formula is C7H11Br3O. The molecule has 0 amide bonds. The summed E-state index contributed by atoms with van der Waals surface area (Å²) in [6, 6.07) is 0. The molecule has 0 unspecified atom stereocenters. The fourth-order valence-electron chi connectivity index (χ4n) is 0.941. The van der Waals surface area contributed by atoms with E-state index >= 15 is 0 Å². The summed E-state index contributed by atoms with van der Waals surface area (Å²) >= 11 is 10.6. The van der Waals surface area contributed by atoms with E-state index in [1.165, 1.54) is 12.8 Å². The Kier molecular flexibility index (Phi) is 3.88. The first-order valence-electron chi connectivity index (χ1n) is 3.75. The van der Waals surface area contributed by atoms with Gasteiger partial charge in [-0.3, -0.25) is 0 Å². The monoisotopic (exact) mass is 348 g/mol. The Balaban J connectivity index is 2.28. The van der Waals surface area contributed by atoms with Crippen LogP contribution in [0.2, 0.25) is 0 Å². The lowest BCUT2D eigenvalue weighted by atomic mass is 10.2. The van der Waals surface area contributed by atoms with Gasteiger partial charge in [0.1, 0.15) is 14.4 Å². The topological polar surface area (TPSA) is 12.5 Å². The normalized spacial score (nSPS) is 30.5. The van der Waals surface area contributed by atoms with Crippen LogP contribution >= 0.6 is 47.8 Å². The number of ether oxygens (including phenoxy) is 1. The van der Waals surface area contributed by atoms with E-state index in [0.717, 1.165) is 6.42 Å². The summed E-state index contributed by atoms with van der Waals surface area (Å²) in [4.78, 5) is 0. The molecule has 1 rings (SSSR count). The zero-order valence-corrected chi connectivity index (χ0v) is 11.1. The van der Waals surface area contributed by atoms with Gasteiger partial charge < -0.3 is 4.74 Å². The molecule has 1 aliphatic rings. The molecule has 0 aromatic carbocycles. The second-order valence-electron chi connectivity index (χ2n) is 2.77. The van der Waals surface area contributed by atoms with Crippen molar-refractivity contribution in [3.63, 3.8) is 0 Å². The Morgan fingerprint density at radius 1 is 1.45 bits per heavy atom. The molecule has 66 valence electrons. The molecule has 0 aromatic rings. The quantitative estimate of drug-likeness (QED) is 0.555. The number of hydrogen-bond acceptors (Lipinski definition) is 1. The maximum atomic E-state index is 5.30. The predicted molar refractivity (Wildman–Crippen MR) is 57.7 cm³/mol. The second kappa shape index (κ2) is 4.07. The lowest BCUT2D eigenvalue weighted by Crippen LogP contribution is -2.20. The molecule has 1 saturated heterocycles. The molecule has 1 heterocycles. The third kappa shape index (κ3) is 2.98. The maximum absolute atomic E-state index is 5.30. The van der Waals surface area contributed by atoms with Crippen LogP contribution in [-0.4, -0.2) is 14.4 Å². The molecule has 1 fully saturated rings. The number of epoxide rings is 1. The highest BCUT2D eigenvalue weighted by Gasteiger charge is 2.50. The Hall–Kier alpha value is 1.40. The van der Waals surface area contributed by atoms with Crippen molar-refractivity contribution in [1.29, 1.82) is 0 Å². The van der Waals surface area contributed by atoms with Crippen molar-refractivity contribution >= 4 is 47.8 Å². The minimum Gasteiger partial charge on any atom is -0.355 e. The van der Waals surface area contributed by atoms with E-state index in [0.29, 0.717) is 0 Å². The highest BCUT2D eigenvalue weighted by atomic mass is 79.9. The van der Waals surface area contributed by atoms with E-state index < -0.39 is 0 Å². The van der Waals surface area contributed by atoms with Crippen molar-refractivity contribution in [2.75, 3.05) is 0 Å². The molecule has 0 spiro atoms. The lowest BCUT2D eigenvalue weighted by Gasteiger charge is -2.16. The van der Waals surface area contributed by atoms with Gasteiger partial charge in [0.25, 0.3) is 0 Å². The standard InChI is InChI=1S/C7H11Br3O/c1-2-3-4-7(9,10)5-6(8)11-5/h5-6H,2-4H2,1H3/t5-,6-/m0/s1. The van der Waals surface area contributed by atoms with Crippen LogP contribution in [0.4, 0.5) is 0 Å². The van der Waals surface area contributed by atoms with Gasteiger partial charge in [0.2, 0.25) is 0 Å². The van der Waals surface area contributed by atoms with Crippen LogP contribution in [0.15, 0.2) is 0 Å². The molecule has 0 aliphatic carbocycles. The number of alkyl halides is 3. The first-order valence-corrected chi connectivity index (χ1v) is 6.25. The van der Waals surface area contributed by atoms with Crippen molar-refractivity contribution in [2.24, 2.45) is 0 Å².